The molecule has 31 heavy (non-hydrogen) atoms. The standard InChI is InChI=1S/C20H20BrN3O2.C4H5Cl/c1-10-12(3)23-8-15(10)18-16(9-24-19(18)20(25)26-4)11(2)14-7-13(21)5-6-17(14)22;1-3-4(2)5/h5-9,23-24H,2,22H2,1,3-4H3;3H,1-2H2. The molecule has 0 aliphatic carbocycles. The second-order valence-electron chi connectivity index (χ2n) is 6.76. The number of hydrogen-bond acceptors (Lipinski definition) is 3. The van der Waals surface area contributed by atoms with Crippen LogP contribution >= 0.6 is 27.5 Å². The number of aromatic nitrogens is 2. The van der Waals surface area contributed by atoms with Gasteiger partial charge in [-0.05, 0) is 43.2 Å². The molecule has 0 atom stereocenters. The van der Waals surface area contributed by atoms with Crippen molar-refractivity contribution in [2.24, 2.45) is 0 Å². The van der Waals surface area contributed by atoms with Gasteiger partial charge in [-0.3, -0.25) is 0 Å². The first-order valence-corrected chi connectivity index (χ1v) is 10.5. The highest BCUT2D eigenvalue weighted by atomic mass is 79.9. The van der Waals surface area contributed by atoms with E-state index in [1.165, 1.54) is 13.2 Å². The summed E-state index contributed by atoms with van der Waals surface area (Å²) >= 11 is 8.62. The van der Waals surface area contributed by atoms with Crippen molar-refractivity contribution in [2.75, 3.05) is 12.8 Å². The SMILES string of the molecule is C=C(c1cc(Br)ccc1N)c1c[nH]c(C(=O)OC)c1-c1c[nH]c(C)c1C.C=CC(=C)Cl. The normalized spacial score (nSPS) is 10.1. The maximum absolute atomic E-state index is 12.3. The number of anilines is 1. The minimum Gasteiger partial charge on any atom is -0.464 e. The molecule has 2 aromatic heterocycles. The monoisotopic (exact) mass is 501 g/mol. The second-order valence-corrected chi connectivity index (χ2v) is 8.16. The number of carbonyl (C=O) groups is 1. The average molecular weight is 503 g/mol. The molecule has 0 aliphatic heterocycles. The van der Waals surface area contributed by atoms with Gasteiger partial charge in [-0.1, -0.05) is 53.3 Å². The summed E-state index contributed by atoms with van der Waals surface area (Å²) < 4.78 is 5.85. The van der Waals surface area contributed by atoms with E-state index in [9.17, 15) is 4.79 Å². The van der Waals surface area contributed by atoms with Crippen LogP contribution in [0.2, 0.25) is 0 Å². The summed E-state index contributed by atoms with van der Waals surface area (Å²) in [5.74, 6) is -0.431. The highest BCUT2D eigenvalue weighted by molar-refractivity contribution is 9.10. The van der Waals surface area contributed by atoms with Crippen molar-refractivity contribution in [2.45, 2.75) is 13.8 Å². The number of esters is 1. The summed E-state index contributed by atoms with van der Waals surface area (Å²) in [5.41, 5.74) is 13.3. The maximum Gasteiger partial charge on any atom is 0.355 e. The molecule has 0 radical (unpaired) electrons. The van der Waals surface area contributed by atoms with Crippen LogP contribution < -0.4 is 5.73 Å². The van der Waals surface area contributed by atoms with Crippen LogP contribution in [-0.2, 0) is 4.74 Å². The van der Waals surface area contributed by atoms with Crippen molar-refractivity contribution in [1.82, 2.24) is 9.97 Å². The molecule has 0 fully saturated rings. The third kappa shape index (κ3) is 5.40. The fraction of sp³-hybridized carbons (Fsp3) is 0.125. The summed E-state index contributed by atoms with van der Waals surface area (Å²) in [6.45, 7) is 14.9. The number of allylic oxidation sites excluding steroid dienone is 2. The van der Waals surface area contributed by atoms with E-state index in [1.807, 2.05) is 38.2 Å². The van der Waals surface area contributed by atoms with E-state index in [4.69, 9.17) is 22.1 Å². The first-order valence-electron chi connectivity index (χ1n) is 9.28. The Balaban J connectivity index is 0.000000614. The fourth-order valence-corrected chi connectivity index (χ4v) is 3.36. The molecule has 0 saturated heterocycles. The molecule has 0 amide bonds. The lowest BCUT2D eigenvalue weighted by atomic mass is 9.92. The second kappa shape index (κ2) is 10.4. The zero-order valence-electron chi connectivity index (χ0n) is 17.7. The van der Waals surface area contributed by atoms with Gasteiger partial charge < -0.3 is 20.4 Å². The Hall–Kier alpha value is -2.96. The van der Waals surface area contributed by atoms with Crippen LogP contribution in [0.15, 0.2) is 65.9 Å². The predicted molar refractivity (Wildman–Crippen MR) is 133 cm³/mol. The maximum atomic E-state index is 12.3. The number of benzene rings is 1. The summed E-state index contributed by atoms with van der Waals surface area (Å²) in [6.07, 6.45) is 5.15. The summed E-state index contributed by atoms with van der Waals surface area (Å²) in [7, 11) is 1.36. The van der Waals surface area contributed by atoms with Gasteiger partial charge in [0.2, 0.25) is 0 Å². The number of nitrogens with one attached hydrogen (secondary N) is 2. The number of rotatable bonds is 5. The predicted octanol–water partition coefficient (Wildman–Crippen LogP) is 6.74. The van der Waals surface area contributed by atoms with Crippen LogP contribution in [0.3, 0.4) is 0 Å². The van der Waals surface area contributed by atoms with E-state index in [0.29, 0.717) is 16.4 Å². The highest BCUT2D eigenvalue weighted by Crippen LogP contribution is 2.39. The minimum atomic E-state index is -0.431. The van der Waals surface area contributed by atoms with Crippen LogP contribution in [0.1, 0.15) is 32.9 Å². The Morgan fingerprint density at radius 1 is 1.19 bits per heavy atom. The highest BCUT2D eigenvalue weighted by Gasteiger charge is 2.24. The molecule has 4 N–H and O–H groups in total. The lowest BCUT2D eigenvalue weighted by Gasteiger charge is -2.12. The molecule has 0 bridgehead atoms. The minimum absolute atomic E-state index is 0.388. The van der Waals surface area contributed by atoms with E-state index in [1.54, 1.807) is 6.20 Å². The van der Waals surface area contributed by atoms with Gasteiger partial charge in [-0.25, -0.2) is 4.79 Å². The Kier molecular flexibility index (Phi) is 8.14. The molecule has 3 rings (SSSR count). The molecular weight excluding hydrogens is 478 g/mol. The van der Waals surface area contributed by atoms with Gasteiger partial charge in [-0.15, -0.1) is 0 Å². The zero-order valence-corrected chi connectivity index (χ0v) is 20.1. The third-order valence-corrected chi connectivity index (χ3v) is 5.47. The topological polar surface area (TPSA) is 83.9 Å². The molecule has 1 aromatic carbocycles. The molecule has 0 saturated carbocycles. The van der Waals surface area contributed by atoms with Crippen molar-refractivity contribution in [1.29, 1.82) is 0 Å². The summed E-state index contributed by atoms with van der Waals surface area (Å²) in [6, 6.07) is 5.62. The van der Waals surface area contributed by atoms with Gasteiger partial charge in [0.1, 0.15) is 5.69 Å². The summed E-state index contributed by atoms with van der Waals surface area (Å²) in [5, 5.41) is 0.491. The van der Waals surface area contributed by atoms with Crippen molar-refractivity contribution in [3.05, 3.63) is 94.0 Å². The van der Waals surface area contributed by atoms with Gasteiger partial charge in [0.25, 0.3) is 0 Å². The van der Waals surface area contributed by atoms with Crippen LogP contribution in [0.25, 0.3) is 16.7 Å². The van der Waals surface area contributed by atoms with Crippen LogP contribution in [0.4, 0.5) is 5.69 Å². The number of H-pyrrole nitrogens is 2. The average Bonchev–Trinajstić information content (AvgIpc) is 3.32. The van der Waals surface area contributed by atoms with E-state index in [2.05, 4.69) is 45.6 Å². The number of hydrogen-bond donors (Lipinski definition) is 3. The van der Waals surface area contributed by atoms with E-state index < -0.39 is 5.97 Å². The number of nitrogens with two attached hydrogens (primary N) is 1. The molecule has 0 unspecified atom stereocenters. The van der Waals surface area contributed by atoms with Crippen molar-refractivity contribution in [3.8, 4) is 11.1 Å². The number of aryl methyl sites for hydroxylation is 1. The van der Waals surface area contributed by atoms with Gasteiger partial charge in [-0.2, -0.15) is 0 Å². The van der Waals surface area contributed by atoms with Crippen molar-refractivity contribution >= 4 is 44.8 Å². The molecule has 162 valence electrons. The molecule has 2 heterocycles. The molecule has 7 heteroatoms. The molecule has 0 spiro atoms. The van der Waals surface area contributed by atoms with E-state index in [-0.39, 0.29) is 0 Å². The van der Waals surface area contributed by atoms with E-state index in [0.717, 1.165) is 43.6 Å². The zero-order chi connectivity index (χ0) is 23.3. The molecule has 5 nitrogen and oxygen atoms in total. The Labute approximate surface area is 195 Å². The molecule has 0 aliphatic rings. The third-order valence-electron chi connectivity index (χ3n) is 4.83. The number of nitrogen functional groups attached to an aromatic ring is 1. The Morgan fingerprint density at radius 2 is 1.84 bits per heavy atom. The van der Waals surface area contributed by atoms with Crippen molar-refractivity contribution in [3.63, 3.8) is 0 Å². The first-order chi connectivity index (χ1) is 14.6. The van der Waals surface area contributed by atoms with E-state index >= 15 is 0 Å². The van der Waals surface area contributed by atoms with Gasteiger partial charge in [0.15, 0.2) is 0 Å². The lowest BCUT2D eigenvalue weighted by Crippen LogP contribution is -2.04. The number of methoxy groups -OCH3 is 1. The summed E-state index contributed by atoms with van der Waals surface area (Å²) in [4.78, 5) is 18.5. The fourth-order valence-electron chi connectivity index (χ4n) is 3.00. The number of halogens is 2. The van der Waals surface area contributed by atoms with Gasteiger partial charge in [0.05, 0.1) is 7.11 Å². The Bertz CT molecular complexity index is 1160. The first kappa shape index (κ1) is 24.3. The largest absolute Gasteiger partial charge is 0.464 e. The molecule has 3 aromatic rings. The van der Waals surface area contributed by atoms with Crippen LogP contribution in [0, 0.1) is 13.8 Å². The number of ether oxygens (including phenoxy) is 1. The van der Waals surface area contributed by atoms with Crippen LogP contribution in [-0.4, -0.2) is 23.0 Å². The number of carbonyl (C=O) groups excluding carboxylic acids is 1. The lowest BCUT2D eigenvalue weighted by molar-refractivity contribution is 0.0595. The van der Waals surface area contributed by atoms with Crippen LogP contribution in [0.5, 0.6) is 0 Å². The smallest absolute Gasteiger partial charge is 0.355 e. The van der Waals surface area contributed by atoms with Gasteiger partial charge in [0, 0.05) is 55.5 Å². The quantitative estimate of drug-likeness (QED) is 0.205. The number of aromatic amines is 2. The Morgan fingerprint density at radius 3 is 2.35 bits per heavy atom. The molecular formula is C24H25BrClN3O2. The van der Waals surface area contributed by atoms with Crippen molar-refractivity contribution < 1.29 is 9.53 Å². The van der Waals surface area contributed by atoms with Gasteiger partial charge >= 0.3 is 5.97 Å².